The molecule has 2 aromatic carbocycles. The summed E-state index contributed by atoms with van der Waals surface area (Å²) in [5.41, 5.74) is -1.13. The molecule has 2 aromatic rings. The lowest BCUT2D eigenvalue weighted by atomic mass is 9.98. The molecule has 1 aliphatic rings. The molecule has 10 nitrogen and oxygen atoms in total. The van der Waals surface area contributed by atoms with Crippen LogP contribution in [0.15, 0.2) is 53.4 Å². The molecule has 3 N–H and O–H groups in total. The van der Waals surface area contributed by atoms with Gasteiger partial charge in [-0.05, 0) is 23.6 Å². The molecule has 0 saturated heterocycles. The molecule has 1 unspecified atom stereocenters. The van der Waals surface area contributed by atoms with Crippen LogP contribution in [0.4, 0.5) is 0 Å². The van der Waals surface area contributed by atoms with Crippen LogP contribution in [0.3, 0.4) is 0 Å². The average Bonchev–Trinajstić information content (AvgIpc) is 3.40. The summed E-state index contributed by atoms with van der Waals surface area (Å²) in [7, 11) is -4.20. The molecule has 12 heteroatoms. The van der Waals surface area contributed by atoms with Crippen molar-refractivity contribution < 1.29 is 32.6 Å². The number of nitrogens with zero attached hydrogens (tertiary/aromatic N) is 1. The Labute approximate surface area is 240 Å². The van der Waals surface area contributed by atoms with E-state index in [-0.39, 0.29) is 68.2 Å². The number of alkyl halides is 1. The number of fused-ring (bicyclic) bond motifs is 1. The Morgan fingerprint density at radius 1 is 1.12 bits per heavy atom. The van der Waals surface area contributed by atoms with Crippen LogP contribution < -0.4 is 20.1 Å². The lowest BCUT2D eigenvalue weighted by Gasteiger charge is -2.40. The van der Waals surface area contributed by atoms with Gasteiger partial charge in [0.1, 0.15) is 11.6 Å². The fraction of sp³-hybridized carbons (Fsp3) is 0.429. The first-order valence-electron chi connectivity index (χ1n) is 12.8. The zero-order valence-corrected chi connectivity index (χ0v) is 24.1. The summed E-state index contributed by atoms with van der Waals surface area (Å²) in [5, 5.41) is 17.1. The second-order valence-electron chi connectivity index (χ2n) is 9.67. The highest BCUT2D eigenvalue weighted by Crippen LogP contribution is 2.37. The zero-order valence-electron chi connectivity index (χ0n) is 22.5. The van der Waals surface area contributed by atoms with Gasteiger partial charge >= 0.3 is 0 Å². The number of hydrogen-bond acceptors (Lipinski definition) is 7. The van der Waals surface area contributed by atoms with Crippen molar-refractivity contribution in [3.8, 4) is 23.5 Å². The standard InChI is InChI=1S/C28H34ClN3O7S/c1-21(2)19-32(40(36,37)23-11-12-24-25(16-23)39-20-38-24)28(35,17-22-8-4-3-5-9-22)13-15-31-26(33)10-6-7-14-30-27(34)18-29/h3-5,8-9,11-12,16,21,35H,6,10,13,15,17-20H2,1-2H3,(H,30,34)(H,31,33). The minimum atomic E-state index is -4.20. The smallest absolute Gasteiger partial charge is 0.246 e. The molecule has 1 heterocycles. The number of amides is 2. The number of carbonyl (C=O) groups excluding carboxylic acids is 2. The first kappa shape index (κ1) is 31.2. The monoisotopic (exact) mass is 591 g/mol. The minimum absolute atomic E-state index is 0.000175. The second kappa shape index (κ2) is 14.4. The highest BCUT2D eigenvalue weighted by molar-refractivity contribution is 7.89. The van der Waals surface area contributed by atoms with Crippen LogP contribution in [-0.4, -0.2) is 61.1 Å². The van der Waals surface area contributed by atoms with Crippen molar-refractivity contribution in [2.75, 3.05) is 25.8 Å². The van der Waals surface area contributed by atoms with Gasteiger partial charge in [-0.1, -0.05) is 50.1 Å². The number of rotatable bonds is 13. The number of nitrogens with one attached hydrogen (secondary N) is 2. The molecule has 40 heavy (non-hydrogen) atoms. The van der Waals surface area contributed by atoms with Gasteiger partial charge in [-0.2, -0.15) is 4.31 Å². The maximum Gasteiger partial charge on any atom is 0.246 e. The Kier molecular flexibility index (Phi) is 11.2. The number of carbonyl (C=O) groups is 2. The van der Waals surface area contributed by atoms with E-state index in [4.69, 9.17) is 21.1 Å². The molecule has 1 aliphatic heterocycles. The van der Waals surface area contributed by atoms with Crippen LogP contribution in [0.1, 0.15) is 38.7 Å². The van der Waals surface area contributed by atoms with Gasteiger partial charge in [-0.15, -0.1) is 11.6 Å². The molecule has 0 bridgehead atoms. The Hall–Kier alpha value is -3.30. The third kappa shape index (κ3) is 8.60. The van der Waals surface area contributed by atoms with Gasteiger partial charge in [0.2, 0.25) is 28.6 Å². The molecular formula is C28H34ClN3O7S. The highest BCUT2D eigenvalue weighted by atomic mass is 35.5. The number of aliphatic hydroxyl groups is 1. The van der Waals surface area contributed by atoms with Crippen molar-refractivity contribution in [1.29, 1.82) is 0 Å². The highest BCUT2D eigenvalue weighted by Gasteiger charge is 2.43. The summed E-state index contributed by atoms with van der Waals surface area (Å²) in [5.74, 6) is 2.34. The summed E-state index contributed by atoms with van der Waals surface area (Å²) in [6, 6.07) is 15.9. The first-order chi connectivity index (χ1) is 19.0. The Morgan fingerprint density at radius 3 is 2.55 bits per heavy atom. The Morgan fingerprint density at radius 2 is 1.85 bits per heavy atom. The summed E-state index contributed by atoms with van der Waals surface area (Å²) in [6.07, 6.45) is 0.195. The van der Waals surface area contributed by atoms with E-state index >= 15 is 0 Å². The number of sulfonamides is 1. The maximum atomic E-state index is 14.0. The Balaban J connectivity index is 1.81. The van der Waals surface area contributed by atoms with Crippen molar-refractivity contribution in [1.82, 2.24) is 14.9 Å². The fourth-order valence-electron chi connectivity index (χ4n) is 4.09. The second-order valence-corrected chi connectivity index (χ2v) is 11.8. The van der Waals surface area contributed by atoms with Gasteiger partial charge < -0.3 is 19.9 Å². The van der Waals surface area contributed by atoms with E-state index in [1.165, 1.54) is 18.2 Å². The summed E-state index contributed by atoms with van der Waals surface area (Å²) in [6.45, 7) is 3.79. The van der Waals surface area contributed by atoms with E-state index in [2.05, 4.69) is 22.6 Å². The number of benzene rings is 2. The third-order valence-corrected chi connectivity index (χ3v) is 8.16. The quantitative estimate of drug-likeness (QED) is 0.141. The van der Waals surface area contributed by atoms with Crippen LogP contribution in [0, 0.1) is 17.9 Å². The molecule has 0 aromatic heterocycles. The molecule has 0 fully saturated rings. The average molecular weight is 592 g/mol. The molecule has 0 saturated carbocycles. The molecule has 0 radical (unpaired) electrons. The van der Waals surface area contributed by atoms with Gasteiger partial charge in [-0.25, -0.2) is 8.42 Å². The van der Waals surface area contributed by atoms with E-state index in [1.807, 2.05) is 44.2 Å². The van der Waals surface area contributed by atoms with Crippen molar-refractivity contribution in [3.05, 3.63) is 54.1 Å². The largest absolute Gasteiger partial charge is 0.454 e. The number of hydrogen-bond donors (Lipinski definition) is 3. The van der Waals surface area contributed by atoms with E-state index in [1.54, 1.807) is 0 Å². The van der Waals surface area contributed by atoms with E-state index < -0.39 is 21.7 Å². The molecule has 0 spiro atoms. The van der Waals surface area contributed by atoms with Crippen LogP contribution in [0.2, 0.25) is 0 Å². The predicted molar refractivity (Wildman–Crippen MR) is 150 cm³/mol. The van der Waals surface area contributed by atoms with Crippen molar-refractivity contribution in [3.63, 3.8) is 0 Å². The van der Waals surface area contributed by atoms with Gasteiger partial charge in [0, 0.05) is 50.9 Å². The lowest BCUT2D eigenvalue weighted by molar-refractivity contribution is -0.121. The van der Waals surface area contributed by atoms with Gasteiger partial charge in [0.25, 0.3) is 0 Å². The summed E-state index contributed by atoms with van der Waals surface area (Å²) < 4.78 is 39.8. The number of ether oxygens (including phenoxy) is 2. The predicted octanol–water partition coefficient (Wildman–Crippen LogP) is 2.60. The lowest BCUT2D eigenvalue weighted by Crippen LogP contribution is -2.55. The fourth-order valence-corrected chi connectivity index (χ4v) is 6.00. The van der Waals surface area contributed by atoms with Crippen LogP contribution in [0.5, 0.6) is 11.5 Å². The van der Waals surface area contributed by atoms with Crippen molar-refractivity contribution in [2.45, 2.75) is 50.2 Å². The summed E-state index contributed by atoms with van der Waals surface area (Å²) >= 11 is 5.38. The third-order valence-electron chi connectivity index (χ3n) is 5.99. The van der Waals surface area contributed by atoms with E-state index in [9.17, 15) is 23.1 Å². The van der Waals surface area contributed by atoms with Gasteiger partial charge in [0.05, 0.1) is 4.90 Å². The van der Waals surface area contributed by atoms with Crippen LogP contribution in [-0.2, 0) is 26.0 Å². The molecule has 216 valence electrons. The molecule has 0 aliphatic carbocycles. The van der Waals surface area contributed by atoms with E-state index in [0.29, 0.717) is 11.5 Å². The van der Waals surface area contributed by atoms with E-state index in [0.717, 1.165) is 9.87 Å². The maximum absolute atomic E-state index is 14.0. The molecular weight excluding hydrogens is 558 g/mol. The van der Waals surface area contributed by atoms with Crippen LogP contribution in [0.25, 0.3) is 0 Å². The topological polar surface area (TPSA) is 134 Å². The van der Waals surface area contributed by atoms with Crippen molar-refractivity contribution >= 4 is 33.4 Å². The van der Waals surface area contributed by atoms with Crippen molar-refractivity contribution in [2.24, 2.45) is 5.92 Å². The van der Waals surface area contributed by atoms with Gasteiger partial charge in [0.15, 0.2) is 11.5 Å². The molecule has 1 atom stereocenters. The molecule has 2 amide bonds. The zero-order chi connectivity index (χ0) is 29.2. The Bertz CT molecular complexity index is 1340. The SMILES string of the molecule is CC(C)CN(C(O)(CCNC(=O)CCC#CNC(=O)CCl)Cc1ccccc1)S(=O)(=O)c1ccc2c(c1)OCO2. The normalized spacial score (nSPS) is 13.8. The van der Waals surface area contributed by atoms with Crippen LogP contribution >= 0.6 is 11.6 Å². The first-order valence-corrected chi connectivity index (χ1v) is 14.8. The summed E-state index contributed by atoms with van der Waals surface area (Å²) in [4.78, 5) is 23.5. The van der Waals surface area contributed by atoms with Gasteiger partial charge in [-0.3, -0.25) is 14.9 Å². The molecule has 3 rings (SSSR count). The number of halogens is 1. The minimum Gasteiger partial charge on any atom is -0.454 e.